The first kappa shape index (κ1) is 21.2. The van der Waals surface area contributed by atoms with Crippen LogP contribution in [0, 0.1) is 17.2 Å². The summed E-state index contributed by atoms with van der Waals surface area (Å²) in [6.07, 6.45) is 1.08. The minimum atomic E-state index is -3.53. The molecule has 0 aromatic heterocycles. The molecule has 148 valence electrons. The van der Waals surface area contributed by atoms with E-state index in [2.05, 4.69) is 5.32 Å². The maximum Gasteiger partial charge on any atom is 0.407 e. The van der Waals surface area contributed by atoms with E-state index in [-0.39, 0.29) is 11.7 Å². The van der Waals surface area contributed by atoms with Gasteiger partial charge >= 0.3 is 6.09 Å². The van der Waals surface area contributed by atoms with Crippen LogP contribution in [-0.2, 0) is 20.5 Å². The average molecular weight is 394 g/mol. The Balaban J connectivity index is 1.96. The highest BCUT2D eigenvalue weighted by Gasteiger charge is 2.30. The molecule has 1 aromatic carbocycles. The molecule has 0 unspecified atom stereocenters. The summed E-state index contributed by atoms with van der Waals surface area (Å²) in [6, 6.07) is 8.77. The molecular formula is C19H27N3O4S. The number of alkyl carbamates (subject to hydrolysis) is 1. The van der Waals surface area contributed by atoms with Crippen LogP contribution in [0.4, 0.5) is 4.79 Å². The quantitative estimate of drug-likeness (QED) is 0.829. The van der Waals surface area contributed by atoms with Crippen LogP contribution >= 0.6 is 0 Å². The van der Waals surface area contributed by atoms with Gasteiger partial charge in [0, 0.05) is 19.6 Å². The molecule has 0 bridgehead atoms. The summed E-state index contributed by atoms with van der Waals surface area (Å²) in [4.78, 5) is 11.8. The van der Waals surface area contributed by atoms with Crippen molar-refractivity contribution in [1.82, 2.24) is 9.62 Å². The summed E-state index contributed by atoms with van der Waals surface area (Å²) in [5, 5.41) is 11.9. The standard InChI is InChI=1S/C19H27N3O4S/c1-19(2,3)26-18(23)21-12-15-7-6-10-22(13-15)27(24,25)14-17-9-5-4-8-16(17)11-20/h4-5,8-9,15H,6-7,10,12-14H2,1-3H3,(H,21,23)/t15-/m1/s1. The smallest absolute Gasteiger partial charge is 0.407 e. The highest BCUT2D eigenvalue weighted by molar-refractivity contribution is 7.88. The van der Waals surface area contributed by atoms with Crippen molar-refractivity contribution >= 4 is 16.1 Å². The molecule has 1 aromatic rings. The molecule has 0 saturated carbocycles. The van der Waals surface area contributed by atoms with E-state index in [0.717, 1.165) is 12.8 Å². The number of nitrogens with one attached hydrogen (secondary N) is 1. The first-order chi connectivity index (χ1) is 12.6. The first-order valence-corrected chi connectivity index (χ1v) is 10.6. The predicted octanol–water partition coefficient (Wildman–Crippen LogP) is 2.62. The number of hydrogen-bond donors (Lipinski definition) is 1. The van der Waals surface area contributed by atoms with Gasteiger partial charge in [-0.3, -0.25) is 0 Å². The summed E-state index contributed by atoms with van der Waals surface area (Å²) in [5.74, 6) is -0.157. The average Bonchev–Trinajstić information content (AvgIpc) is 2.59. The van der Waals surface area contributed by atoms with Crippen LogP contribution in [-0.4, -0.2) is 44.1 Å². The number of amides is 1. The van der Waals surface area contributed by atoms with Crippen molar-refractivity contribution in [2.24, 2.45) is 5.92 Å². The lowest BCUT2D eigenvalue weighted by molar-refractivity contribution is 0.0513. The van der Waals surface area contributed by atoms with Crippen molar-refractivity contribution in [2.75, 3.05) is 19.6 Å². The van der Waals surface area contributed by atoms with Gasteiger partial charge in [-0.05, 0) is 51.2 Å². The molecule has 1 saturated heterocycles. The molecule has 27 heavy (non-hydrogen) atoms. The lowest BCUT2D eigenvalue weighted by atomic mass is 10.00. The van der Waals surface area contributed by atoms with E-state index in [1.54, 1.807) is 45.0 Å². The van der Waals surface area contributed by atoms with Gasteiger partial charge < -0.3 is 10.1 Å². The summed E-state index contributed by atoms with van der Waals surface area (Å²) in [7, 11) is -3.53. The molecule has 7 nitrogen and oxygen atoms in total. The van der Waals surface area contributed by atoms with Crippen molar-refractivity contribution in [3.8, 4) is 6.07 Å². The van der Waals surface area contributed by atoms with E-state index < -0.39 is 21.7 Å². The topological polar surface area (TPSA) is 99.5 Å². The molecule has 8 heteroatoms. The van der Waals surface area contributed by atoms with Crippen LogP contribution in [0.25, 0.3) is 0 Å². The Labute approximate surface area is 161 Å². The number of sulfonamides is 1. The van der Waals surface area contributed by atoms with Gasteiger partial charge in [0.05, 0.1) is 17.4 Å². The van der Waals surface area contributed by atoms with Crippen LogP contribution in [0.5, 0.6) is 0 Å². The molecule has 1 N–H and O–H groups in total. The Hall–Kier alpha value is -2.11. The summed E-state index contributed by atoms with van der Waals surface area (Å²) in [5.41, 5.74) is 0.315. The van der Waals surface area contributed by atoms with Crippen LogP contribution in [0.3, 0.4) is 0 Å². The fraction of sp³-hybridized carbons (Fsp3) is 0.579. The summed E-state index contributed by atoms with van der Waals surface area (Å²) in [6.45, 7) is 6.56. The molecule has 1 fully saturated rings. The third-order valence-electron chi connectivity index (χ3n) is 4.28. The highest BCUT2D eigenvalue weighted by Crippen LogP contribution is 2.22. The van der Waals surface area contributed by atoms with Gasteiger partial charge in [-0.2, -0.15) is 5.26 Å². The molecule has 1 atom stereocenters. The van der Waals surface area contributed by atoms with Crippen molar-refractivity contribution in [2.45, 2.75) is 45.0 Å². The Morgan fingerprint density at radius 3 is 2.74 bits per heavy atom. The molecular weight excluding hydrogens is 366 g/mol. The van der Waals surface area contributed by atoms with E-state index in [1.165, 1.54) is 4.31 Å². The number of piperidine rings is 1. The number of carbonyl (C=O) groups is 1. The molecule has 0 spiro atoms. The van der Waals surface area contributed by atoms with Gasteiger partial charge in [0.15, 0.2) is 0 Å². The second-order valence-electron chi connectivity index (χ2n) is 7.77. The lowest BCUT2D eigenvalue weighted by Gasteiger charge is -2.32. The monoisotopic (exact) mass is 393 g/mol. The molecule has 1 aliphatic rings. The normalized spacial score (nSPS) is 18.5. The fourth-order valence-electron chi connectivity index (χ4n) is 3.03. The molecule has 1 amide bonds. The van der Waals surface area contributed by atoms with Crippen molar-refractivity contribution in [3.05, 3.63) is 35.4 Å². The van der Waals surface area contributed by atoms with E-state index in [9.17, 15) is 13.2 Å². The summed E-state index contributed by atoms with van der Waals surface area (Å²) >= 11 is 0. The predicted molar refractivity (Wildman–Crippen MR) is 102 cm³/mol. The van der Waals surface area contributed by atoms with Crippen LogP contribution in [0.15, 0.2) is 24.3 Å². The zero-order chi connectivity index (χ0) is 20.1. The van der Waals surface area contributed by atoms with E-state index in [0.29, 0.717) is 30.8 Å². The molecule has 0 radical (unpaired) electrons. The molecule has 1 aliphatic heterocycles. The minimum absolute atomic E-state index is 0.0345. The van der Waals surface area contributed by atoms with Crippen molar-refractivity contribution in [1.29, 1.82) is 5.26 Å². The third kappa shape index (κ3) is 6.52. The van der Waals surface area contributed by atoms with Gasteiger partial charge in [-0.25, -0.2) is 17.5 Å². The third-order valence-corrected chi connectivity index (χ3v) is 6.08. The Bertz CT molecular complexity index is 809. The number of nitriles is 1. The van der Waals surface area contributed by atoms with Crippen LogP contribution < -0.4 is 5.32 Å². The zero-order valence-corrected chi connectivity index (χ0v) is 16.9. The van der Waals surface area contributed by atoms with E-state index in [4.69, 9.17) is 10.00 Å². The van der Waals surface area contributed by atoms with Gasteiger partial charge in [-0.15, -0.1) is 0 Å². The van der Waals surface area contributed by atoms with Gasteiger partial charge in [-0.1, -0.05) is 18.2 Å². The van der Waals surface area contributed by atoms with E-state index in [1.807, 2.05) is 6.07 Å². The number of hydrogen-bond acceptors (Lipinski definition) is 5. The maximum absolute atomic E-state index is 12.8. The van der Waals surface area contributed by atoms with Crippen molar-refractivity contribution in [3.63, 3.8) is 0 Å². The molecule has 0 aliphatic carbocycles. The number of rotatable bonds is 5. The summed E-state index contributed by atoms with van der Waals surface area (Å²) < 4.78 is 32.3. The Kier molecular flexibility index (Phi) is 6.84. The SMILES string of the molecule is CC(C)(C)OC(=O)NC[C@H]1CCCN(S(=O)(=O)Cc2ccccc2C#N)C1. The second-order valence-corrected chi connectivity index (χ2v) is 9.74. The van der Waals surface area contributed by atoms with Gasteiger partial charge in [0.1, 0.15) is 5.60 Å². The van der Waals surface area contributed by atoms with Gasteiger partial charge in [0.2, 0.25) is 10.0 Å². The molecule has 1 heterocycles. The Morgan fingerprint density at radius 1 is 1.37 bits per heavy atom. The Morgan fingerprint density at radius 2 is 2.07 bits per heavy atom. The lowest BCUT2D eigenvalue weighted by Crippen LogP contribution is -2.44. The maximum atomic E-state index is 12.8. The molecule has 2 rings (SSSR count). The largest absolute Gasteiger partial charge is 0.444 e. The van der Waals surface area contributed by atoms with Crippen molar-refractivity contribution < 1.29 is 17.9 Å². The highest BCUT2D eigenvalue weighted by atomic mass is 32.2. The fourth-order valence-corrected chi connectivity index (χ4v) is 4.70. The zero-order valence-electron chi connectivity index (χ0n) is 16.1. The number of benzene rings is 1. The van der Waals surface area contributed by atoms with Crippen LogP contribution in [0.2, 0.25) is 0 Å². The van der Waals surface area contributed by atoms with Gasteiger partial charge in [0.25, 0.3) is 0 Å². The minimum Gasteiger partial charge on any atom is -0.444 e. The van der Waals surface area contributed by atoms with E-state index >= 15 is 0 Å². The number of nitrogens with zero attached hydrogens (tertiary/aromatic N) is 2. The van der Waals surface area contributed by atoms with Crippen LogP contribution in [0.1, 0.15) is 44.7 Å². The first-order valence-electron chi connectivity index (χ1n) is 9.03. The number of ether oxygens (including phenoxy) is 1. The second kappa shape index (κ2) is 8.72. The number of carbonyl (C=O) groups excluding carboxylic acids is 1.